The second-order valence-corrected chi connectivity index (χ2v) is 5.64. The van der Waals surface area contributed by atoms with Crippen LogP contribution in [0.15, 0.2) is 11.4 Å². The van der Waals surface area contributed by atoms with Crippen LogP contribution in [0.4, 0.5) is 0 Å². The van der Waals surface area contributed by atoms with Gasteiger partial charge >= 0.3 is 0 Å². The third-order valence-corrected chi connectivity index (χ3v) is 3.93. The first-order chi connectivity index (χ1) is 9.36. The molecule has 1 fully saturated rings. The molecule has 2 aromatic heterocycles. The van der Waals surface area contributed by atoms with E-state index < -0.39 is 0 Å². The molecule has 3 heterocycles. The van der Waals surface area contributed by atoms with Crippen molar-refractivity contribution in [2.75, 3.05) is 32.1 Å². The van der Waals surface area contributed by atoms with Gasteiger partial charge in [-0.25, -0.2) is 15.0 Å². The summed E-state index contributed by atoms with van der Waals surface area (Å²) >= 11 is 1.71. The molecule has 0 radical (unpaired) electrons. The zero-order valence-electron chi connectivity index (χ0n) is 10.9. The molecule has 0 amide bonds. The van der Waals surface area contributed by atoms with Crippen molar-refractivity contribution < 1.29 is 4.74 Å². The number of nitrogens with zero attached hydrogens (tertiary/aromatic N) is 4. The Bertz CT molecular complexity index is 552. The van der Waals surface area contributed by atoms with Crippen molar-refractivity contribution in [3.63, 3.8) is 0 Å². The predicted molar refractivity (Wildman–Crippen MR) is 74.2 cm³/mol. The molecule has 0 bridgehead atoms. The summed E-state index contributed by atoms with van der Waals surface area (Å²) in [6.45, 7) is 6.45. The molecule has 0 aliphatic carbocycles. The number of imidazole rings is 1. The summed E-state index contributed by atoms with van der Waals surface area (Å²) < 4.78 is 5.35. The molecule has 1 N–H and O–H groups in total. The van der Waals surface area contributed by atoms with Crippen molar-refractivity contribution in [2.24, 2.45) is 0 Å². The van der Waals surface area contributed by atoms with Gasteiger partial charge in [0, 0.05) is 13.1 Å². The molecule has 0 spiro atoms. The number of hydrogen-bond acceptors (Lipinski definition) is 6. The van der Waals surface area contributed by atoms with Crippen molar-refractivity contribution in [3.05, 3.63) is 12.2 Å². The van der Waals surface area contributed by atoms with Crippen LogP contribution in [0, 0.1) is 0 Å². The highest BCUT2D eigenvalue weighted by Crippen LogP contribution is 2.22. The van der Waals surface area contributed by atoms with Crippen LogP contribution in [0.2, 0.25) is 0 Å². The zero-order chi connectivity index (χ0) is 13.1. The van der Waals surface area contributed by atoms with E-state index in [0.29, 0.717) is 0 Å². The van der Waals surface area contributed by atoms with Crippen molar-refractivity contribution in [1.29, 1.82) is 0 Å². The quantitative estimate of drug-likeness (QED) is 0.672. The molecular formula is C12H17N5OS. The molecule has 19 heavy (non-hydrogen) atoms. The fraction of sp³-hybridized carbons (Fsp3) is 0.583. The SMILES string of the molecule is CCSc1ncnc2nc(CN3CCOCC3)[nH]c12. The Morgan fingerprint density at radius 3 is 3.00 bits per heavy atom. The predicted octanol–water partition coefficient (Wildman–Crippen LogP) is 1.30. The van der Waals surface area contributed by atoms with Gasteiger partial charge in [0.05, 0.1) is 19.8 Å². The number of hydrogen-bond donors (Lipinski definition) is 1. The van der Waals surface area contributed by atoms with Gasteiger partial charge in [-0.15, -0.1) is 11.8 Å². The molecule has 7 heteroatoms. The summed E-state index contributed by atoms with van der Waals surface area (Å²) in [6.07, 6.45) is 1.58. The fourth-order valence-electron chi connectivity index (χ4n) is 2.15. The minimum absolute atomic E-state index is 0.759. The van der Waals surface area contributed by atoms with Gasteiger partial charge in [-0.05, 0) is 5.75 Å². The number of aromatic nitrogens is 4. The number of thioether (sulfide) groups is 1. The normalized spacial score (nSPS) is 17.1. The number of aromatic amines is 1. The van der Waals surface area contributed by atoms with E-state index in [9.17, 15) is 0 Å². The average molecular weight is 279 g/mol. The summed E-state index contributed by atoms with van der Waals surface area (Å²) in [5, 5.41) is 0.980. The molecule has 0 atom stereocenters. The lowest BCUT2D eigenvalue weighted by molar-refractivity contribution is 0.0332. The Morgan fingerprint density at radius 1 is 1.37 bits per heavy atom. The van der Waals surface area contributed by atoms with E-state index in [1.807, 2.05) is 0 Å². The van der Waals surface area contributed by atoms with Crippen LogP contribution < -0.4 is 0 Å². The zero-order valence-corrected chi connectivity index (χ0v) is 11.7. The van der Waals surface area contributed by atoms with Crippen LogP contribution in [-0.4, -0.2) is 56.9 Å². The van der Waals surface area contributed by atoms with Crippen molar-refractivity contribution in [1.82, 2.24) is 24.8 Å². The molecule has 0 unspecified atom stereocenters. The number of H-pyrrole nitrogens is 1. The maximum atomic E-state index is 5.35. The van der Waals surface area contributed by atoms with Crippen LogP contribution in [0.25, 0.3) is 11.2 Å². The van der Waals surface area contributed by atoms with Crippen LogP contribution >= 0.6 is 11.8 Å². The van der Waals surface area contributed by atoms with Crippen LogP contribution in [0.1, 0.15) is 12.7 Å². The van der Waals surface area contributed by atoms with Gasteiger partial charge < -0.3 is 9.72 Å². The van der Waals surface area contributed by atoms with Gasteiger partial charge in [-0.2, -0.15) is 0 Å². The number of nitrogens with one attached hydrogen (secondary N) is 1. The molecule has 2 aromatic rings. The fourth-order valence-corrected chi connectivity index (χ4v) is 2.83. The van der Waals surface area contributed by atoms with E-state index in [-0.39, 0.29) is 0 Å². The summed E-state index contributed by atoms with van der Waals surface area (Å²) in [6, 6.07) is 0. The molecule has 1 aliphatic heterocycles. The van der Waals surface area contributed by atoms with E-state index in [4.69, 9.17) is 4.74 Å². The molecule has 1 saturated heterocycles. The Labute approximate surface area is 116 Å². The first kappa shape index (κ1) is 12.8. The first-order valence-corrected chi connectivity index (χ1v) is 7.48. The van der Waals surface area contributed by atoms with Crippen molar-refractivity contribution >= 4 is 22.9 Å². The van der Waals surface area contributed by atoms with Gasteiger partial charge in [0.25, 0.3) is 0 Å². The summed E-state index contributed by atoms with van der Waals surface area (Å²) in [7, 11) is 0. The Kier molecular flexibility index (Phi) is 3.95. The van der Waals surface area contributed by atoms with Crippen LogP contribution in [0.3, 0.4) is 0 Å². The van der Waals surface area contributed by atoms with Crippen LogP contribution in [0.5, 0.6) is 0 Å². The van der Waals surface area contributed by atoms with Gasteiger partial charge in [-0.1, -0.05) is 6.92 Å². The van der Waals surface area contributed by atoms with E-state index in [2.05, 4.69) is 31.8 Å². The summed E-state index contributed by atoms with van der Waals surface area (Å²) in [5.41, 5.74) is 1.71. The second kappa shape index (κ2) is 5.85. The van der Waals surface area contributed by atoms with Gasteiger partial charge in [0.15, 0.2) is 5.65 Å². The maximum absolute atomic E-state index is 5.35. The van der Waals surface area contributed by atoms with E-state index in [0.717, 1.165) is 60.6 Å². The maximum Gasteiger partial charge on any atom is 0.182 e. The molecule has 6 nitrogen and oxygen atoms in total. The third kappa shape index (κ3) is 2.88. The smallest absolute Gasteiger partial charge is 0.182 e. The minimum atomic E-state index is 0.759. The molecular weight excluding hydrogens is 262 g/mol. The first-order valence-electron chi connectivity index (χ1n) is 6.49. The van der Waals surface area contributed by atoms with Crippen LogP contribution in [-0.2, 0) is 11.3 Å². The summed E-state index contributed by atoms with van der Waals surface area (Å²) in [4.78, 5) is 18.8. The van der Waals surface area contributed by atoms with Gasteiger partial charge in [0.1, 0.15) is 22.7 Å². The van der Waals surface area contributed by atoms with E-state index in [1.54, 1.807) is 18.1 Å². The second-order valence-electron chi connectivity index (χ2n) is 4.38. The van der Waals surface area contributed by atoms with Gasteiger partial charge in [-0.3, -0.25) is 4.90 Å². The number of morpholine rings is 1. The van der Waals surface area contributed by atoms with Crippen molar-refractivity contribution in [2.45, 2.75) is 18.5 Å². The molecule has 1 aliphatic rings. The monoisotopic (exact) mass is 279 g/mol. The van der Waals surface area contributed by atoms with Crippen molar-refractivity contribution in [3.8, 4) is 0 Å². The molecule has 0 saturated carbocycles. The minimum Gasteiger partial charge on any atom is -0.379 e. The topological polar surface area (TPSA) is 66.9 Å². The largest absolute Gasteiger partial charge is 0.379 e. The highest BCUT2D eigenvalue weighted by Gasteiger charge is 2.14. The molecule has 3 rings (SSSR count). The Hall–Kier alpha value is -1.18. The van der Waals surface area contributed by atoms with Gasteiger partial charge in [0.2, 0.25) is 0 Å². The Morgan fingerprint density at radius 2 is 2.21 bits per heavy atom. The standard InChI is InChI=1S/C12H17N5OS/c1-2-19-12-10-11(13-8-14-12)16-9(15-10)7-17-3-5-18-6-4-17/h8H,2-7H2,1H3,(H,13,14,15,16). The highest BCUT2D eigenvalue weighted by molar-refractivity contribution is 7.99. The highest BCUT2D eigenvalue weighted by atomic mass is 32.2. The summed E-state index contributed by atoms with van der Waals surface area (Å²) in [5.74, 6) is 1.94. The van der Waals surface area contributed by atoms with E-state index >= 15 is 0 Å². The lowest BCUT2D eigenvalue weighted by Gasteiger charge is -2.25. The number of ether oxygens (including phenoxy) is 1. The lowest BCUT2D eigenvalue weighted by atomic mass is 10.4. The number of rotatable bonds is 4. The Balaban J connectivity index is 1.82. The van der Waals surface area contributed by atoms with E-state index in [1.165, 1.54) is 0 Å². The molecule has 0 aromatic carbocycles. The third-order valence-electron chi connectivity index (χ3n) is 3.06. The lowest BCUT2D eigenvalue weighted by Crippen LogP contribution is -2.35. The average Bonchev–Trinajstić information content (AvgIpc) is 2.84. The number of fused-ring (bicyclic) bond motifs is 1. The molecule has 102 valence electrons.